The van der Waals surface area contributed by atoms with Gasteiger partial charge in [0.1, 0.15) is 10.3 Å². The van der Waals surface area contributed by atoms with Gasteiger partial charge in [-0.3, -0.25) is 4.79 Å². The van der Waals surface area contributed by atoms with Crippen molar-refractivity contribution in [1.82, 2.24) is 9.97 Å². The van der Waals surface area contributed by atoms with Gasteiger partial charge in [0.2, 0.25) is 5.91 Å². The number of pyridine rings is 1. The van der Waals surface area contributed by atoms with Gasteiger partial charge >= 0.3 is 0 Å². The molecule has 2 unspecified atom stereocenters. The van der Waals surface area contributed by atoms with Gasteiger partial charge in [-0.2, -0.15) is 0 Å². The Balaban J connectivity index is 1.97. The van der Waals surface area contributed by atoms with Crippen LogP contribution in [0.2, 0.25) is 0 Å². The lowest BCUT2D eigenvalue weighted by Crippen LogP contribution is -2.13. The molecule has 0 bridgehead atoms. The number of hydrogen-bond donors (Lipinski definition) is 1. The summed E-state index contributed by atoms with van der Waals surface area (Å²) in [5, 5.41) is 0.993. The molecule has 0 spiro atoms. The molecular weight excluding hydrogens is 210 g/mol. The molecule has 5 heteroatoms. The highest BCUT2D eigenvalue weighted by atomic mass is 32.1. The van der Waals surface area contributed by atoms with Crippen LogP contribution < -0.4 is 5.73 Å². The number of rotatable bonds is 2. The first-order valence-electron chi connectivity index (χ1n) is 4.76. The molecule has 4 nitrogen and oxygen atoms in total. The number of carbonyl (C=O) groups excluding carboxylic acids is 1. The van der Waals surface area contributed by atoms with Crippen LogP contribution in [0, 0.1) is 5.92 Å². The zero-order valence-electron chi connectivity index (χ0n) is 7.88. The Kier molecular flexibility index (Phi) is 1.76. The second-order valence-electron chi connectivity index (χ2n) is 3.73. The van der Waals surface area contributed by atoms with Crippen LogP contribution in [0.1, 0.15) is 17.3 Å². The Morgan fingerprint density at radius 3 is 3.13 bits per heavy atom. The molecule has 2 atom stereocenters. The smallest absolute Gasteiger partial charge is 0.221 e. The van der Waals surface area contributed by atoms with Gasteiger partial charge in [-0.1, -0.05) is 11.3 Å². The van der Waals surface area contributed by atoms with E-state index < -0.39 is 0 Å². The van der Waals surface area contributed by atoms with Crippen LogP contribution in [0.15, 0.2) is 18.3 Å². The zero-order valence-corrected chi connectivity index (χ0v) is 8.70. The fraction of sp³-hybridized carbons (Fsp3) is 0.300. The predicted molar refractivity (Wildman–Crippen MR) is 57.5 cm³/mol. The Morgan fingerprint density at radius 1 is 1.60 bits per heavy atom. The fourth-order valence-corrected chi connectivity index (χ4v) is 2.81. The lowest BCUT2D eigenvalue weighted by Gasteiger charge is -1.88. The molecule has 0 aliphatic heterocycles. The van der Waals surface area contributed by atoms with Crippen LogP contribution in [0.4, 0.5) is 0 Å². The second kappa shape index (κ2) is 3.00. The second-order valence-corrected chi connectivity index (χ2v) is 4.74. The van der Waals surface area contributed by atoms with Crippen molar-refractivity contribution in [3.63, 3.8) is 0 Å². The van der Waals surface area contributed by atoms with Crippen molar-refractivity contribution >= 4 is 27.6 Å². The normalized spacial score (nSPS) is 24.3. The zero-order chi connectivity index (χ0) is 10.4. The molecule has 0 radical (unpaired) electrons. The Hall–Kier alpha value is -1.49. The van der Waals surface area contributed by atoms with Gasteiger partial charge < -0.3 is 5.73 Å². The van der Waals surface area contributed by atoms with Crippen molar-refractivity contribution in [3.8, 4) is 0 Å². The van der Waals surface area contributed by atoms with Crippen LogP contribution >= 0.6 is 11.3 Å². The Labute approximate surface area is 90.1 Å². The molecule has 1 aliphatic rings. The lowest BCUT2D eigenvalue weighted by atomic mass is 10.3. The van der Waals surface area contributed by atoms with Gasteiger partial charge in [0.05, 0.1) is 5.01 Å². The van der Waals surface area contributed by atoms with Crippen LogP contribution in [0.5, 0.6) is 0 Å². The molecule has 0 saturated heterocycles. The fourth-order valence-electron chi connectivity index (χ4n) is 1.73. The van der Waals surface area contributed by atoms with Gasteiger partial charge in [-0.15, -0.1) is 0 Å². The maximum Gasteiger partial charge on any atom is 0.221 e. The summed E-state index contributed by atoms with van der Waals surface area (Å²) in [4.78, 5) is 20.6. The summed E-state index contributed by atoms with van der Waals surface area (Å²) in [6.07, 6.45) is 2.60. The summed E-state index contributed by atoms with van der Waals surface area (Å²) in [5.41, 5.74) is 6.15. The molecule has 1 amide bonds. The van der Waals surface area contributed by atoms with Crippen LogP contribution in [-0.2, 0) is 4.79 Å². The summed E-state index contributed by atoms with van der Waals surface area (Å²) in [7, 11) is 0. The number of aromatic nitrogens is 2. The molecule has 15 heavy (non-hydrogen) atoms. The molecule has 1 aliphatic carbocycles. The van der Waals surface area contributed by atoms with E-state index in [1.165, 1.54) is 0 Å². The first-order chi connectivity index (χ1) is 7.25. The first-order valence-corrected chi connectivity index (χ1v) is 5.58. The molecule has 2 heterocycles. The van der Waals surface area contributed by atoms with E-state index in [9.17, 15) is 4.79 Å². The maximum atomic E-state index is 10.9. The van der Waals surface area contributed by atoms with Crippen LogP contribution in [-0.4, -0.2) is 15.9 Å². The average Bonchev–Trinajstić information content (AvgIpc) is 2.91. The van der Waals surface area contributed by atoms with E-state index in [0.29, 0.717) is 0 Å². The minimum Gasteiger partial charge on any atom is -0.369 e. The van der Waals surface area contributed by atoms with Crippen molar-refractivity contribution < 1.29 is 4.79 Å². The highest BCUT2D eigenvalue weighted by Crippen LogP contribution is 2.48. The van der Waals surface area contributed by atoms with Crippen molar-refractivity contribution in [2.24, 2.45) is 11.7 Å². The summed E-state index contributed by atoms with van der Waals surface area (Å²) in [5.74, 6) is 0.0134. The molecule has 2 N–H and O–H groups in total. The van der Waals surface area contributed by atoms with Gasteiger partial charge in [-0.25, -0.2) is 9.97 Å². The van der Waals surface area contributed by atoms with E-state index in [0.717, 1.165) is 21.8 Å². The number of amides is 1. The summed E-state index contributed by atoms with van der Waals surface area (Å²) in [6.45, 7) is 0. The SMILES string of the molecule is NC(=O)C1CC1c1nc2cccnc2s1. The quantitative estimate of drug-likeness (QED) is 0.827. The third kappa shape index (κ3) is 1.39. The van der Waals surface area contributed by atoms with E-state index in [-0.39, 0.29) is 17.7 Å². The standard InChI is InChI=1S/C10H9N3OS/c11-8(14)5-4-6(5)9-13-7-2-1-3-12-10(7)15-9/h1-3,5-6H,4H2,(H2,11,14). The summed E-state index contributed by atoms with van der Waals surface area (Å²) < 4.78 is 0. The summed E-state index contributed by atoms with van der Waals surface area (Å²) in [6, 6.07) is 3.80. The largest absolute Gasteiger partial charge is 0.369 e. The van der Waals surface area contributed by atoms with Crippen molar-refractivity contribution in [1.29, 1.82) is 0 Å². The predicted octanol–water partition coefficient (Wildman–Crippen LogP) is 1.28. The number of thiazole rings is 1. The van der Waals surface area contributed by atoms with E-state index in [2.05, 4.69) is 9.97 Å². The molecule has 0 aromatic carbocycles. The van der Waals surface area contributed by atoms with Crippen molar-refractivity contribution in [2.45, 2.75) is 12.3 Å². The molecule has 76 valence electrons. The van der Waals surface area contributed by atoms with Crippen LogP contribution in [0.25, 0.3) is 10.3 Å². The van der Waals surface area contributed by atoms with Crippen molar-refractivity contribution in [2.75, 3.05) is 0 Å². The molecule has 1 fully saturated rings. The Bertz CT molecular complexity index is 503. The molecular formula is C10H9N3OS. The minimum absolute atomic E-state index is 0.00874. The van der Waals surface area contributed by atoms with Gasteiger partial charge in [-0.05, 0) is 18.6 Å². The molecule has 2 aromatic rings. The van der Waals surface area contributed by atoms with Gasteiger partial charge in [0, 0.05) is 18.0 Å². The van der Waals surface area contributed by atoms with E-state index in [4.69, 9.17) is 5.73 Å². The molecule has 1 saturated carbocycles. The van der Waals surface area contributed by atoms with E-state index in [1.54, 1.807) is 17.5 Å². The van der Waals surface area contributed by atoms with Crippen molar-refractivity contribution in [3.05, 3.63) is 23.3 Å². The number of nitrogens with zero attached hydrogens (tertiary/aromatic N) is 2. The lowest BCUT2D eigenvalue weighted by molar-refractivity contribution is -0.119. The third-order valence-corrected chi connectivity index (χ3v) is 3.77. The third-order valence-electron chi connectivity index (χ3n) is 2.66. The number of fused-ring (bicyclic) bond motifs is 1. The van der Waals surface area contributed by atoms with Gasteiger partial charge in [0.15, 0.2) is 0 Å². The maximum absolute atomic E-state index is 10.9. The van der Waals surface area contributed by atoms with E-state index >= 15 is 0 Å². The minimum atomic E-state index is -0.216. The summed E-state index contributed by atoms with van der Waals surface area (Å²) >= 11 is 1.56. The highest BCUT2D eigenvalue weighted by Gasteiger charge is 2.44. The number of primary amides is 1. The molecule has 2 aromatic heterocycles. The van der Waals surface area contributed by atoms with Crippen LogP contribution in [0.3, 0.4) is 0 Å². The highest BCUT2D eigenvalue weighted by molar-refractivity contribution is 7.18. The Morgan fingerprint density at radius 2 is 2.47 bits per heavy atom. The average molecular weight is 219 g/mol. The van der Waals surface area contributed by atoms with E-state index in [1.807, 2.05) is 12.1 Å². The molecule has 3 rings (SSSR count). The monoisotopic (exact) mass is 219 g/mol. The number of nitrogens with two attached hydrogens (primary N) is 1. The topological polar surface area (TPSA) is 68.9 Å². The number of hydrogen-bond acceptors (Lipinski definition) is 4. The first kappa shape index (κ1) is 8.79. The van der Waals surface area contributed by atoms with Gasteiger partial charge in [0.25, 0.3) is 0 Å². The number of carbonyl (C=O) groups is 1.